The zero-order valence-electron chi connectivity index (χ0n) is 14.0. The number of carbonyl (C=O) groups is 1. The first kappa shape index (κ1) is 15.1. The largest absolute Gasteiger partial charge is 0.309 e. The summed E-state index contributed by atoms with van der Waals surface area (Å²) in [6.45, 7) is 2.06. The topological polar surface area (TPSA) is 75.1 Å². The second-order valence-electron chi connectivity index (χ2n) is 6.75. The Morgan fingerprint density at radius 1 is 1.31 bits per heavy atom. The molecule has 5 rings (SSSR count). The van der Waals surface area contributed by atoms with Crippen LogP contribution in [-0.2, 0) is 4.79 Å². The predicted octanol–water partition coefficient (Wildman–Crippen LogP) is 3.48. The molecule has 6 nitrogen and oxygen atoms in total. The summed E-state index contributed by atoms with van der Waals surface area (Å²) in [5.74, 6) is -0.402. The Hall–Kier alpha value is -3.22. The molecule has 3 aromatic heterocycles. The van der Waals surface area contributed by atoms with Crippen LogP contribution in [-0.4, -0.2) is 31.7 Å². The smallest absolute Gasteiger partial charge is 0.231 e. The number of imidazole rings is 1. The highest BCUT2D eigenvalue weighted by molar-refractivity contribution is 5.96. The Balaban J connectivity index is 1.54. The standard InChI is InChI=1S/C19H16FN5O/c1-10-2-4-15-13(7-21-24-15)18(10)11-3-5-17-22-16(9-25(17)8-11)23-19(26)12-6-14(12)20/h2-5,7-9,12,14H,6H2,1H3,(H,21,24)(H,23,26). The molecular formula is C19H16FN5O. The number of aromatic nitrogens is 4. The van der Waals surface area contributed by atoms with Crippen molar-refractivity contribution >= 4 is 28.3 Å². The van der Waals surface area contributed by atoms with Crippen molar-refractivity contribution in [3.05, 3.63) is 48.4 Å². The molecule has 1 aliphatic rings. The van der Waals surface area contributed by atoms with E-state index in [1.807, 2.05) is 35.0 Å². The third-order valence-corrected chi connectivity index (χ3v) is 4.87. The van der Waals surface area contributed by atoms with Gasteiger partial charge in [-0.05, 0) is 48.2 Å². The lowest BCUT2D eigenvalue weighted by molar-refractivity contribution is -0.117. The van der Waals surface area contributed by atoms with Crippen molar-refractivity contribution in [3.63, 3.8) is 0 Å². The summed E-state index contributed by atoms with van der Waals surface area (Å²) in [4.78, 5) is 16.3. The number of amides is 1. The number of alkyl halides is 1. The summed E-state index contributed by atoms with van der Waals surface area (Å²) in [6, 6.07) is 7.98. The van der Waals surface area contributed by atoms with Gasteiger partial charge in [0.25, 0.3) is 0 Å². The van der Waals surface area contributed by atoms with Gasteiger partial charge in [0.2, 0.25) is 5.91 Å². The molecule has 130 valence electrons. The highest BCUT2D eigenvalue weighted by Gasteiger charge is 2.43. The maximum atomic E-state index is 13.0. The maximum absolute atomic E-state index is 13.0. The van der Waals surface area contributed by atoms with E-state index in [1.165, 1.54) is 0 Å². The molecule has 2 atom stereocenters. The van der Waals surface area contributed by atoms with E-state index in [4.69, 9.17) is 0 Å². The Labute approximate surface area is 148 Å². The molecule has 0 bridgehead atoms. The van der Waals surface area contributed by atoms with Crippen LogP contribution in [0.3, 0.4) is 0 Å². The Morgan fingerprint density at radius 3 is 2.96 bits per heavy atom. The molecule has 4 aromatic rings. The lowest BCUT2D eigenvalue weighted by Crippen LogP contribution is -2.15. The number of halogens is 1. The molecule has 0 radical (unpaired) electrons. The molecule has 1 fully saturated rings. The Bertz CT molecular complexity index is 1160. The molecule has 1 aromatic carbocycles. The third kappa shape index (κ3) is 2.35. The number of aromatic amines is 1. The van der Waals surface area contributed by atoms with Gasteiger partial charge in [-0.25, -0.2) is 9.37 Å². The average Bonchev–Trinajstić information content (AvgIpc) is 3.02. The number of pyridine rings is 1. The summed E-state index contributed by atoms with van der Waals surface area (Å²) in [5.41, 5.74) is 4.98. The molecule has 0 saturated heterocycles. The summed E-state index contributed by atoms with van der Waals surface area (Å²) in [6.07, 6.45) is 4.83. The fraction of sp³-hybridized carbons (Fsp3) is 0.211. The molecule has 0 spiro atoms. The van der Waals surface area contributed by atoms with Gasteiger partial charge >= 0.3 is 0 Å². The monoisotopic (exact) mass is 349 g/mol. The SMILES string of the molecule is Cc1ccc2[nH]ncc2c1-c1ccc2nc(NC(=O)C3CC3F)cn2c1. The molecule has 26 heavy (non-hydrogen) atoms. The average molecular weight is 349 g/mol. The third-order valence-electron chi connectivity index (χ3n) is 4.87. The van der Waals surface area contributed by atoms with Crippen molar-refractivity contribution in [2.75, 3.05) is 5.32 Å². The number of nitrogens with zero attached hydrogens (tertiary/aromatic N) is 3. The minimum absolute atomic E-state index is 0.303. The highest BCUT2D eigenvalue weighted by Crippen LogP contribution is 2.35. The lowest BCUT2D eigenvalue weighted by Gasteiger charge is -2.08. The van der Waals surface area contributed by atoms with Gasteiger partial charge in [-0.3, -0.25) is 9.89 Å². The van der Waals surface area contributed by atoms with Crippen molar-refractivity contribution in [2.45, 2.75) is 19.5 Å². The second kappa shape index (κ2) is 5.39. The molecule has 1 aliphatic carbocycles. The van der Waals surface area contributed by atoms with Gasteiger partial charge in [-0.2, -0.15) is 5.10 Å². The number of rotatable bonds is 3. The van der Waals surface area contributed by atoms with Crippen LogP contribution in [0.15, 0.2) is 42.9 Å². The Kier molecular flexibility index (Phi) is 3.12. The van der Waals surface area contributed by atoms with Crippen molar-refractivity contribution < 1.29 is 9.18 Å². The summed E-state index contributed by atoms with van der Waals surface area (Å²) < 4.78 is 14.9. The minimum Gasteiger partial charge on any atom is -0.309 e. The van der Waals surface area contributed by atoms with Crippen LogP contribution >= 0.6 is 0 Å². The molecule has 7 heteroatoms. The fourth-order valence-electron chi connectivity index (χ4n) is 3.36. The van der Waals surface area contributed by atoms with Crippen LogP contribution in [0.1, 0.15) is 12.0 Å². The maximum Gasteiger partial charge on any atom is 0.231 e. The van der Waals surface area contributed by atoms with Crippen molar-refractivity contribution in [3.8, 4) is 11.1 Å². The second-order valence-corrected chi connectivity index (χ2v) is 6.75. The zero-order chi connectivity index (χ0) is 17.8. The van der Waals surface area contributed by atoms with E-state index in [9.17, 15) is 9.18 Å². The van der Waals surface area contributed by atoms with Crippen molar-refractivity contribution in [1.29, 1.82) is 0 Å². The first-order chi connectivity index (χ1) is 12.6. The summed E-state index contributed by atoms with van der Waals surface area (Å²) in [5, 5.41) is 10.9. The van der Waals surface area contributed by atoms with Gasteiger partial charge in [0, 0.05) is 11.6 Å². The van der Waals surface area contributed by atoms with E-state index in [0.717, 1.165) is 27.6 Å². The van der Waals surface area contributed by atoms with Crippen LogP contribution in [0.4, 0.5) is 10.2 Å². The number of anilines is 1. The van der Waals surface area contributed by atoms with E-state index in [0.29, 0.717) is 17.9 Å². The zero-order valence-corrected chi connectivity index (χ0v) is 14.0. The van der Waals surface area contributed by atoms with Gasteiger partial charge in [-0.1, -0.05) is 6.07 Å². The fourth-order valence-corrected chi connectivity index (χ4v) is 3.36. The number of hydrogen-bond acceptors (Lipinski definition) is 3. The number of hydrogen-bond donors (Lipinski definition) is 2. The normalized spacial score (nSPS) is 19.2. The number of H-pyrrole nitrogens is 1. The van der Waals surface area contributed by atoms with Gasteiger partial charge < -0.3 is 9.72 Å². The summed E-state index contributed by atoms with van der Waals surface area (Å²) in [7, 11) is 0. The van der Waals surface area contributed by atoms with Gasteiger partial charge in [-0.15, -0.1) is 0 Å². The van der Waals surface area contributed by atoms with Crippen LogP contribution in [0.5, 0.6) is 0 Å². The van der Waals surface area contributed by atoms with Crippen LogP contribution in [0, 0.1) is 12.8 Å². The first-order valence-corrected chi connectivity index (χ1v) is 8.47. The molecule has 0 aliphatic heterocycles. The Morgan fingerprint density at radius 2 is 2.15 bits per heavy atom. The minimum atomic E-state index is -1.02. The van der Waals surface area contributed by atoms with Crippen molar-refractivity contribution in [1.82, 2.24) is 19.6 Å². The molecule has 3 heterocycles. The molecule has 1 saturated carbocycles. The van der Waals surface area contributed by atoms with Crippen LogP contribution in [0.2, 0.25) is 0 Å². The highest BCUT2D eigenvalue weighted by atomic mass is 19.1. The van der Waals surface area contributed by atoms with Gasteiger partial charge in [0.05, 0.1) is 23.8 Å². The van der Waals surface area contributed by atoms with E-state index < -0.39 is 12.1 Å². The van der Waals surface area contributed by atoms with Crippen LogP contribution < -0.4 is 5.32 Å². The van der Waals surface area contributed by atoms with Crippen molar-refractivity contribution in [2.24, 2.45) is 5.92 Å². The van der Waals surface area contributed by atoms with E-state index in [-0.39, 0.29) is 5.91 Å². The first-order valence-electron chi connectivity index (χ1n) is 8.47. The predicted molar refractivity (Wildman–Crippen MR) is 96.6 cm³/mol. The summed E-state index contributed by atoms with van der Waals surface area (Å²) >= 11 is 0. The number of carbonyl (C=O) groups excluding carboxylic acids is 1. The van der Waals surface area contributed by atoms with E-state index >= 15 is 0 Å². The number of aryl methyl sites for hydroxylation is 1. The molecule has 2 N–H and O–H groups in total. The molecular weight excluding hydrogens is 333 g/mol. The quantitative estimate of drug-likeness (QED) is 0.595. The molecule has 1 amide bonds. The number of benzene rings is 1. The van der Waals surface area contributed by atoms with E-state index in [2.05, 4.69) is 33.5 Å². The number of nitrogens with one attached hydrogen (secondary N) is 2. The number of fused-ring (bicyclic) bond motifs is 2. The van der Waals surface area contributed by atoms with Gasteiger partial charge in [0.15, 0.2) is 5.82 Å². The van der Waals surface area contributed by atoms with Crippen LogP contribution in [0.25, 0.3) is 27.7 Å². The molecule has 2 unspecified atom stereocenters. The van der Waals surface area contributed by atoms with E-state index in [1.54, 1.807) is 6.20 Å². The van der Waals surface area contributed by atoms with Gasteiger partial charge in [0.1, 0.15) is 11.8 Å². The lowest BCUT2D eigenvalue weighted by atomic mass is 9.98.